The largest absolute Gasteiger partial charge is 0.336 e. The van der Waals surface area contributed by atoms with Crippen molar-refractivity contribution in [2.24, 2.45) is 0 Å². The molecule has 40 heavy (non-hydrogen) atoms. The topological polar surface area (TPSA) is 22.0 Å². The summed E-state index contributed by atoms with van der Waals surface area (Å²) in [5.74, 6) is 0. The molecule has 1 heterocycles. The highest BCUT2D eigenvalue weighted by atomic mass is 31.2. The maximum absolute atomic E-state index is 15.5. The molecule has 0 fully saturated rings. The quantitative estimate of drug-likeness (QED) is 0.183. The van der Waals surface area contributed by atoms with E-state index < -0.39 is 7.14 Å². The van der Waals surface area contributed by atoms with Gasteiger partial charge in [0.2, 0.25) is 0 Å². The van der Waals surface area contributed by atoms with Crippen molar-refractivity contribution in [3.63, 3.8) is 0 Å². The van der Waals surface area contributed by atoms with E-state index in [4.69, 9.17) is 0 Å². The van der Waals surface area contributed by atoms with Crippen LogP contribution in [0.2, 0.25) is 0 Å². The summed E-state index contributed by atoms with van der Waals surface area (Å²) < 4.78 is 18.0. The third-order valence-corrected chi connectivity index (χ3v) is 10.8. The summed E-state index contributed by atoms with van der Waals surface area (Å²) in [6.45, 7) is 2.14. The molecule has 0 aliphatic carbocycles. The van der Waals surface area contributed by atoms with Crippen LogP contribution < -0.4 is 15.9 Å². The molecular formula is C37H32NOP. The zero-order chi connectivity index (χ0) is 27.4. The molecule has 0 radical (unpaired) electrons. The molecule has 5 aromatic carbocycles. The number of benzene rings is 5. The van der Waals surface area contributed by atoms with Gasteiger partial charge in [0.1, 0.15) is 0 Å². The van der Waals surface area contributed by atoms with E-state index in [2.05, 4.69) is 109 Å². The first-order chi connectivity index (χ1) is 19.7. The van der Waals surface area contributed by atoms with E-state index in [-0.39, 0.29) is 6.04 Å². The maximum atomic E-state index is 15.5. The molecule has 0 N–H and O–H groups in total. The van der Waals surface area contributed by atoms with Gasteiger partial charge in [-0.05, 0) is 29.7 Å². The van der Waals surface area contributed by atoms with E-state index in [1.54, 1.807) is 0 Å². The number of nitrogens with zero attached hydrogens (tertiary/aromatic N) is 1. The lowest BCUT2D eigenvalue weighted by Crippen LogP contribution is -2.27. The zero-order valence-electron chi connectivity index (χ0n) is 22.6. The summed E-state index contributed by atoms with van der Waals surface area (Å²) in [5, 5.41) is 2.60. The van der Waals surface area contributed by atoms with Gasteiger partial charge in [-0.3, -0.25) is 0 Å². The molecule has 0 unspecified atom stereocenters. The molecule has 6 aromatic rings. The molecule has 2 nitrogen and oxygen atoms in total. The average Bonchev–Trinajstić information content (AvgIpc) is 3.34. The van der Waals surface area contributed by atoms with Crippen LogP contribution in [-0.2, 0) is 11.0 Å². The van der Waals surface area contributed by atoms with Gasteiger partial charge in [-0.1, -0.05) is 152 Å². The predicted octanol–water partition coefficient (Wildman–Crippen LogP) is 7.66. The van der Waals surface area contributed by atoms with E-state index >= 15 is 4.57 Å². The van der Waals surface area contributed by atoms with Gasteiger partial charge < -0.3 is 9.13 Å². The van der Waals surface area contributed by atoms with E-state index in [1.165, 1.54) is 16.7 Å². The van der Waals surface area contributed by atoms with Gasteiger partial charge >= 0.3 is 0 Å². The Morgan fingerprint density at radius 1 is 0.575 bits per heavy atom. The average molecular weight is 538 g/mol. The van der Waals surface area contributed by atoms with Gasteiger partial charge in [0, 0.05) is 33.7 Å². The van der Waals surface area contributed by atoms with Crippen molar-refractivity contribution < 1.29 is 4.57 Å². The molecule has 6 rings (SSSR count). The molecule has 0 aliphatic heterocycles. The van der Waals surface area contributed by atoms with E-state index in [0.717, 1.165) is 33.7 Å². The van der Waals surface area contributed by atoms with Crippen molar-refractivity contribution in [3.8, 4) is 0 Å². The SMILES string of the molecule is Cc1c(P(=O)(c2ccccc2)c2ccccc2)cc(Cc2ccccc2)n1C(c1ccccc1)c1ccccc1. The molecule has 0 amide bonds. The van der Waals surface area contributed by atoms with E-state index in [1.807, 2.05) is 60.7 Å². The molecule has 0 atom stereocenters. The standard InChI is InChI=1S/C37H32NOP/c1-29-36(40(39,34-23-13-5-14-24-34)35-25-15-6-16-26-35)28-33(27-30-17-7-2-8-18-30)38(29)37(31-19-9-3-10-20-31)32-21-11-4-12-22-32/h2-26,28,37H,27H2,1H3. The van der Waals surface area contributed by atoms with Crippen molar-refractivity contribution in [2.75, 3.05) is 0 Å². The van der Waals surface area contributed by atoms with Gasteiger partial charge in [-0.15, -0.1) is 0 Å². The zero-order valence-corrected chi connectivity index (χ0v) is 23.5. The van der Waals surface area contributed by atoms with Gasteiger partial charge in [-0.2, -0.15) is 0 Å². The Morgan fingerprint density at radius 3 is 1.43 bits per heavy atom. The monoisotopic (exact) mass is 537 g/mol. The van der Waals surface area contributed by atoms with Crippen LogP contribution in [0.25, 0.3) is 0 Å². The molecule has 196 valence electrons. The molecule has 0 bridgehead atoms. The summed E-state index contributed by atoms with van der Waals surface area (Å²) in [6, 6.07) is 53.9. The lowest BCUT2D eigenvalue weighted by molar-refractivity contribution is 0.592. The Hall–Kier alpha value is -4.39. The third-order valence-electron chi connectivity index (χ3n) is 7.64. The predicted molar refractivity (Wildman–Crippen MR) is 168 cm³/mol. The summed E-state index contributed by atoms with van der Waals surface area (Å²) in [4.78, 5) is 0. The highest BCUT2D eigenvalue weighted by Crippen LogP contribution is 2.45. The molecule has 0 spiro atoms. The number of aromatic nitrogens is 1. The van der Waals surface area contributed by atoms with Gasteiger partial charge in [0.25, 0.3) is 0 Å². The molecule has 1 aromatic heterocycles. The maximum Gasteiger partial charge on any atom is 0.172 e. The van der Waals surface area contributed by atoms with Crippen LogP contribution in [-0.4, -0.2) is 4.57 Å². The number of rotatable bonds is 8. The van der Waals surface area contributed by atoms with Gasteiger partial charge in [0.15, 0.2) is 7.14 Å². The second-order valence-corrected chi connectivity index (χ2v) is 12.9. The normalized spacial score (nSPS) is 11.6. The lowest BCUT2D eigenvalue weighted by Gasteiger charge is -2.26. The Labute approximate surface area is 237 Å². The number of hydrogen-bond donors (Lipinski definition) is 0. The van der Waals surface area contributed by atoms with Crippen molar-refractivity contribution in [1.29, 1.82) is 0 Å². The fraction of sp³-hybridized carbons (Fsp3) is 0.0811. The van der Waals surface area contributed by atoms with E-state index in [9.17, 15) is 0 Å². The Kier molecular flexibility index (Phi) is 7.36. The molecule has 0 saturated carbocycles. The van der Waals surface area contributed by atoms with Crippen LogP contribution in [0.1, 0.15) is 34.1 Å². The summed E-state index contributed by atoms with van der Waals surface area (Å²) in [6.07, 6.45) is 0.738. The highest BCUT2D eigenvalue weighted by molar-refractivity contribution is 7.85. The molecule has 0 aliphatic rings. The van der Waals surface area contributed by atoms with Gasteiger partial charge in [0.05, 0.1) is 6.04 Å². The third kappa shape index (κ3) is 4.88. The first-order valence-electron chi connectivity index (χ1n) is 13.7. The minimum Gasteiger partial charge on any atom is -0.336 e. The minimum atomic E-state index is -3.17. The first kappa shape index (κ1) is 25.9. The first-order valence-corrected chi connectivity index (χ1v) is 15.4. The van der Waals surface area contributed by atoms with Crippen LogP contribution in [0.3, 0.4) is 0 Å². The van der Waals surface area contributed by atoms with Crippen molar-refractivity contribution >= 4 is 23.1 Å². The summed E-state index contributed by atoms with van der Waals surface area (Å²) in [5.41, 5.74) is 5.79. The Morgan fingerprint density at radius 2 is 0.975 bits per heavy atom. The van der Waals surface area contributed by atoms with Crippen molar-refractivity contribution in [1.82, 2.24) is 4.57 Å². The fourth-order valence-electron chi connectivity index (χ4n) is 5.75. The molecule has 3 heteroatoms. The van der Waals surface area contributed by atoms with Gasteiger partial charge in [-0.25, -0.2) is 0 Å². The van der Waals surface area contributed by atoms with Crippen LogP contribution in [0.4, 0.5) is 0 Å². The minimum absolute atomic E-state index is 0.0603. The van der Waals surface area contributed by atoms with Crippen LogP contribution >= 0.6 is 7.14 Å². The number of hydrogen-bond acceptors (Lipinski definition) is 1. The smallest absolute Gasteiger partial charge is 0.172 e. The summed E-state index contributed by atoms with van der Waals surface area (Å²) >= 11 is 0. The fourth-order valence-corrected chi connectivity index (χ4v) is 8.69. The second kappa shape index (κ2) is 11.4. The second-order valence-electron chi connectivity index (χ2n) is 10.1. The molecular weight excluding hydrogens is 505 g/mol. The molecule has 0 saturated heterocycles. The van der Waals surface area contributed by atoms with Crippen LogP contribution in [0.5, 0.6) is 0 Å². The van der Waals surface area contributed by atoms with Crippen molar-refractivity contribution in [3.05, 3.63) is 186 Å². The summed E-state index contributed by atoms with van der Waals surface area (Å²) in [7, 11) is -3.17. The van der Waals surface area contributed by atoms with E-state index in [0.29, 0.717) is 0 Å². The van der Waals surface area contributed by atoms with Crippen LogP contribution in [0, 0.1) is 6.92 Å². The Bertz CT molecular complexity index is 1650. The van der Waals surface area contributed by atoms with Crippen LogP contribution in [0.15, 0.2) is 158 Å². The van der Waals surface area contributed by atoms with Crippen molar-refractivity contribution in [2.45, 2.75) is 19.4 Å². The highest BCUT2D eigenvalue weighted by Gasteiger charge is 2.35. The lowest BCUT2D eigenvalue weighted by atomic mass is 9.97. The Balaban J connectivity index is 1.65.